The molecule has 0 amide bonds. The number of aromatic nitrogens is 1. The third-order valence-electron chi connectivity index (χ3n) is 1.56. The van der Waals surface area contributed by atoms with Gasteiger partial charge in [0.1, 0.15) is 0 Å². The van der Waals surface area contributed by atoms with E-state index >= 15 is 0 Å². The summed E-state index contributed by atoms with van der Waals surface area (Å²) in [7, 11) is 1.32. The zero-order chi connectivity index (χ0) is 11.6. The zero-order valence-corrected chi connectivity index (χ0v) is 10.0. The van der Waals surface area contributed by atoms with Gasteiger partial charge in [0, 0.05) is 15.2 Å². The molecule has 84 valence electrons. The van der Waals surface area contributed by atoms with Crippen LogP contribution in [-0.4, -0.2) is 18.5 Å². The van der Waals surface area contributed by atoms with E-state index in [1.807, 2.05) is 22.6 Å². The monoisotopic (exact) mass is 333 g/mol. The Morgan fingerprint density at radius 2 is 2.00 bits per heavy atom. The van der Waals surface area contributed by atoms with Gasteiger partial charge < -0.3 is 9.47 Å². The summed E-state index contributed by atoms with van der Waals surface area (Å²) >= 11 is 1.88. The van der Waals surface area contributed by atoms with E-state index < -0.39 is 12.2 Å². The number of rotatable bonds is 2. The topological polar surface area (TPSA) is 31.4 Å². The third-order valence-corrected chi connectivity index (χ3v) is 2.68. The van der Waals surface area contributed by atoms with Gasteiger partial charge in [-0.2, -0.15) is 4.98 Å². The number of halogens is 4. The standard InChI is InChI=1S/C8H7F3INO2/c1-4-5(12)3-6(14-2)13-7(4)15-8(9,10)11/h3H,1-2H3. The van der Waals surface area contributed by atoms with Crippen LogP contribution in [0.5, 0.6) is 11.8 Å². The molecular weight excluding hydrogens is 326 g/mol. The highest BCUT2D eigenvalue weighted by Crippen LogP contribution is 2.29. The average Bonchev–Trinajstić information content (AvgIpc) is 2.10. The summed E-state index contributed by atoms with van der Waals surface area (Å²) in [5.74, 6) is -0.393. The molecule has 1 aromatic heterocycles. The smallest absolute Gasteiger partial charge is 0.481 e. The maximum Gasteiger partial charge on any atom is 0.574 e. The normalized spacial score (nSPS) is 11.3. The van der Waals surface area contributed by atoms with E-state index in [-0.39, 0.29) is 5.88 Å². The molecule has 0 aliphatic carbocycles. The number of hydrogen-bond donors (Lipinski definition) is 0. The van der Waals surface area contributed by atoms with Crippen molar-refractivity contribution in [2.24, 2.45) is 0 Å². The lowest BCUT2D eigenvalue weighted by Gasteiger charge is -2.12. The van der Waals surface area contributed by atoms with Gasteiger partial charge in [0.25, 0.3) is 0 Å². The molecule has 0 saturated carbocycles. The molecule has 1 heterocycles. The second-order valence-corrected chi connectivity index (χ2v) is 3.79. The Morgan fingerprint density at radius 3 is 2.47 bits per heavy atom. The molecule has 0 aromatic carbocycles. The Balaban J connectivity index is 3.11. The molecule has 0 aliphatic heterocycles. The summed E-state index contributed by atoms with van der Waals surface area (Å²) < 4.78 is 45.0. The molecule has 0 atom stereocenters. The van der Waals surface area contributed by atoms with Gasteiger partial charge in [-0.3, -0.25) is 0 Å². The van der Waals surface area contributed by atoms with Gasteiger partial charge in [-0.25, -0.2) is 0 Å². The second kappa shape index (κ2) is 4.42. The number of methoxy groups -OCH3 is 1. The van der Waals surface area contributed by atoms with Gasteiger partial charge >= 0.3 is 6.36 Å². The minimum atomic E-state index is -4.74. The molecule has 0 fully saturated rings. The molecule has 1 rings (SSSR count). The van der Waals surface area contributed by atoms with Crippen LogP contribution in [0.2, 0.25) is 0 Å². The summed E-state index contributed by atoms with van der Waals surface area (Å²) in [5.41, 5.74) is 0.328. The van der Waals surface area contributed by atoms with E-state index in [0.717, 1.165) is 0 Å². The Hall–Kier alpha value is -0.730. The van der Waals surface area contributed by atoms with Crippen LogP contribution in [0.1, 0.15) is 5.56 Å². The van der Waals surface area contributed by atoms with Crippen LogP contribution in [0.25, 0.3) is 0 Å². The van der Waals surface area contributed by atoms with Crippen molar-refractivity contribution in [2.45, 2.75) is 13.3 Å². The number of nitrogens with zero attached hydrogens (tertiary/aromatic N) is 1. The van der Waals surface area contributed by atoms with Gasteiger partial charge in [-0.1, -0.05) is 0 Å². The Morgan fingerprint density at radius 1 is 1.40 bits per heavy atom. The van der Waals surface area contributed by atoms with Crippen molar-refractivity contribution in [1.29, 1.82) is 0 Å². The molecular formula is C8H7F3INO2. The summed E-state index contributed by atoms with van der Waals surface area (Å²) in [4.78, 5) is 3.57. The fourth-order valence-corrected chi connectivity index (χ4v) is 1.35. The van der Waals surface area contributed by atoms with E-state index in [2.05, 4.69) is 9.72 Å². The van der Waals surface area contributed by atoms with Crippen LogP contribution >= 0.6 is 22.6 Å². The quantitative estimate of drug-likeness (QED) is 0.780. The lowest BCUT2D eigenvalue weighted by molar-refractivity contribution is -0.276. The number of ether oxygens (including phenoxy) is 2. The SMILES string of the molecule is COc1cc(I)c(C)c(OC(F)(F)F)n1. The van der Waals surface area contributed by atoms with E-state index in [4.69, 9.17) is 4.74 Å². The van der Waals surface area contributed by atoms with Crippen molar-refractivity contribution < 1.29 is 22.6 Å². The first-order valence-corrected chi connectivity index (χ1v) is 4.88. The van der Waals surface area contributed by atoms with Crippen molar-refractivity contribution in [2.75, 3.05) is 7.11 Å². The fourth-order valence-electron chi connectivity index (χ4n) is 0.849. The van der Waals surface area contributed by atoms with Gasteiger partial charge in [0.2, 0.25) is 11.8 Å². The molecule has 0 unspecified atom stereocenters. The van der Waals surface area contributed by atoms with E-state index in [9.17, 15) is 13.2 Å². The number of hydrogen-bond acceptors (Lipinski definition) is 3. The van der Waals surface area contributed by atoms with Gasteiger partial charge in [-0.05, 0) is 29.5 Å². The lowest BCUT2D eigenvalue weighted by Crippen LogP contribution is -2.19. The van der Waals surface area contributed by atoms with E-state index in [1.165, 1.54) is 20.1 Å². The summed E-state index contributed by atoms with van der Waals surface area (Å²) in [6.45, 7) is 1.50. The van der Waals surface area contributed by atoms with Crippen molar-refractivity contribution in [3.05, 3.63) is 15.2 Å². The molecule has 0 N–H and O–H groups in total. The third kappa shape index (κ3) is 3.40. The molecule has 7 heteroatoms. The Kier molecular flexibility index (Phi) is 3.63. The summed E-state index contributed by atoms with van der Waals surface area (Å²) in [6, 6.07) is 1.53. The maximum absolute atomic E-state index is 12.0. The highest BCUT2D eigenvalue weighted by Gasteiger charge is 2.33. The molecule has 0 bridgehead atoms. The first-order valence-electron chi connectivity index (χ1n) is 3.80. The fraction of sp³-hybridized carbons (Fsp3) is 0.375. The van der Waals surface area contributed by atoms with E-state index in [0.29, 0.717) is 9.13 Å². The second-order valence-electron chi connectivity index (χ2n) is 2.62. The Bertz CT molecular complexity index is 368. The van der Waals surface area contributed by atoms with Crippen LogP contribution < -0.4 is 9.47 Å². The molecule has 0 aliphatic rings. The molecule has 0 spiro atoms. The first-order chi connectivity index (χ1) is 6.83. The van der Waals surface area contributed by atoms with Crippen molar-refractivity contribution >= 4 is 22.6 Å². The first kappa shape index (κ1) is 12.3. The average molecular weight is 333 g/mol. The number of pyridine rings is 1. The molecule has 1 aromatic rings. The molecule has 3 nitrogen and oxygen atoms in total. The van der Waals surface area contributed by atoms with Crippen LogP contribution in [0.15, 0.2) is 6.07 Å². The minimum absolute atomic E-state index is 0.0873. The molecule has 0 radical (unpaired) electrons. The van der Waals surface area contributed by atoms with Crippen LogP contribution in [0.4, 0.5) is 13.2 Å². The van der Waals surface area contributed by atoms with Gasteiger partial charge in [0.05, 0.1) is 7.11 Å². The van der Waals surface area contributed by atoms with Gasteiger partial charge in [0.15, 0.2) is 0 Å². The molecule has 0 saturated heterocycles. The lowest BCUT2D eigenvalue weighted by atomic mass is 10.3. The highest BCUT2D eigenvalue weighted by molar-refractivity contribution is 14.1. The summed E-state index contributed by atoms with van der Waals surface area (Å²) in [5, 5.41) is 0. The largest absolute Gasteiger partial charge is 0.574 e. The maximum atomic E-state index is 12.0. The van der Waals surface area contributed by atoms with Gasteiger partial charge in [-0.15, -0.1) is 13.2 Å². The molecule has 15 heavy (non-hydrogen) atoms. The van der Waals surface area contributed by atoms with E-state index in [1.54, 1.807) is 0 Å². The highest BCUT2D eigenvalue weighted by atomic mass is 127. The minimum Gasteiger partial charge on any atom is -0.481 e. The Labute approximate surface area is 97.7 Å². The van der Waals surface area contributed by atoms with Crippen molar-refractivity contribution in [3.8, 4) is 11.8 Å². The number of alkyl halides is 3. The van der Waals surface area contributed by atoms with Crippen molar-refractivity contribution in [1.82, 2.24) is 4.98 Å². The predicted octanol–water partition coefficient (Wildman–Crippen LogP) is 2.90. The van der Waals surface area contributed by atoms with Crippen LogP contribution in [0, 0.1) is 10.5 Å². The van der Waals surface area contributed by atoms with Crippen molar-refractivity contribution in [3.63, 3.8) is 0 Å². The summed E-state index contributed by atoms with van der Waals surface area (Å²) in [6.07, 6.45) is -4.74. The predicted molar refractivity (Wildman–Crippen MR) is 54.9 cm³/mol. The van der Waals surface area contributed by atoms with Crippen LogP contribution in [0.3, 0.4) is 0 Å². The van der Waals surface area contributed by atoms with Crippen LogP contribution in [-0.2, 0) is 0 Å². The zero-order valence-electron chi connectivity index (χ0n) is 7.85.